The molecule has 2 aromatic rings. The van der Waals surface area contributed by atoms with Crippen LogP contribution in [0, 0.1) is 5.82 Å². The van der Waals surface area contributed by atoms with Crippen LogP contribution in [0.1, 0.15) is 22.5 Å². The van der Waals surface area contributed by atoms with E-state index in [9.17, 15) is 9.18 Å². The summed E-state index contributed by atoms with van der Waals surface area (Å²) in [7, 11) is 1.67. The van der Waals surface area contributed by atoms with E-state index in [0.717, 1.165) is 24.2 Å². The fourth-order valence-corrected chi connectivity index (χ4v) is 2.18. The van der Waals surface area contributed by atoms with Gasteiger partial charge in [0.2, 0.25) is 0 Å². The number of aromatic nitrogens is 1. The largest absolute Gasteiger partial charge is 0.385 e. The minimum Gasteiger partial charge on any atom is -0.385 e. The normalized spacial score (nSPS) is 10.4. The van der Waals surface area contributed by atoms with Gasteiger partial charge in [-0.1, -0.05) is 12.1 Å². The first-order valence-corrected chi connectivity index (χ1v) is 7.90. The monoisotopic (exact) mass is 331 g/mol. The van der Waals surface area contributed by atoms with Crippen LogP contribution in [-0.2, 0) is 11.2 Å². The molecule has 0 aliphatic carbocycles. The Bertz CT molecular complexity index is 647. The van der Waals surface area contributed by atoms with E-state index in [-0.39, 0.29) is 11.7 Å². The summed E-state index contributed by atoms with van der Waals surface area (Å²) in [6.45, 7) is 1.93. The Hall–Kier alpha value is -2.47. The molecule has 0 bridgehead atoms. The molecular weight excluding hydrogens is 309 g/mol. The number of benzene rings is 1. The number of pyridine rings is 1. The molecule has 0 aliphatic rings. The lowest BCUT2D eigenvalue weighted by atomic mass is 10.1. The third kappa shape index (κ3) is 5.96. The van der Waals surface area contributed by atoms with Gasteiger partial charge in [-0.05, 0) is 42.7 Å². The summed E-state index contributed by atoms with van der Waals surface area (Å²) in [6, 6.07) is 9.80. The highest BCUT2D eigenvalue weighted by molar-refractivity contribution is 5.93. The van der Waals surface area contributed by atoms with E-state index >= 15 is 0 Å². The molecule has 1 amide bonds. The van der Waals surface area contributed by atoms with E-state index < -0.39 is 0 Å². The second-order valence-corrected chi connectivity index (χ2v) is 5.34. The van der Waals surface area contributed by atoms with Gasteiger partial charge in [0.05, 0.1) is 0 Å². The molecule has 0 spiro atoms. The molecule has 1 heterocycles. The number of hydrogen-bond donors (Lipinski definition) is 2. The third-order valence-electron chi connectivity index (χ3n) is 3.46. The first kappa shape index (κ1) is 17.9. The number of carbonyl (C=O) groups excluding carboxylic acids is 1. The van der Waals surface area contributed by atoms with Gasteiger partial charge < -0.3 is 15.4 Å². The Labute approximate surface area is 141 Å². The lowest BCUT2D eigenvalue weighted by Crippen LogP contribution is -2.26. The maximum atomic E-state index is 12.8. The molecule has 0 saturated carbocycles. The van der Waals surface area contributed by atoms with E-state index in [0.29, 0.717) is 25.3 Å². The number of anilines is 1. The van der Waals surface area contributed by atoms with Gasteiger partial charge in [0, 0.05) is 38.7 Å². The highest BCUT2D eigenvalue weighted by atomic mass is 19.1. The minimum atomic E-state index is -0.262. The van der Waals surface area contributed by atoms with E-state index in [1.54, 1.807) is 31.5 Å². The zero-order valence-corrected chi connectivity index (χ0v) is 13.7. The Balaban J connectivity index is 1.80. The molecule has 1 aromatic heterocycles. The first-order valence-electron chi connectivity index (χ1n) is 7.90. The highest BCUT2D eigenvalue weighted by Crippen LogP contribution is 2.08. The second-order valence-electron chi connectivity index (χ2n) is 5.34. The summed E-state index contributed by atoms with van der Waals surface area (Å²) < 4.78 is 17.8. The SMILES string of the molecule is COCCCNc1ccnc(C(=O)NCCc2ccc(F)cc2)c1. The van der Waals surface area contributed by atoms with Crippen LogP contribution in [0.25, 0.3) is 0 Å². The molecule has 0 aliphatic heterocycles. The van der Waals surface area contributed by atoms with Gasteiger partial charge in [-0.2, -0.15) is 0 Å². The van der Waals surface area contributed by atoms with Crippen LogP contribution in [0.5, 0.6) is 0 Å². The zero-order valence-electron chi connectivity index (χ0n) is 13.7. The molecule has 0 radical (unpaired) electrons. The van der Waals surface area contributed by atoms with Crippen molar-refractivity contribution in [2.75, 3.05) is 32.1 Å². The number of nitrogens with zero attached hydrogens (tertiary/aromatic N) is 1. The number of amides is 1. The third-order valence-corrected chi connectivity index (χ3v) is 3.46. The molecule has 128 valence electrons. The standard InChI is InChI=1S/C18H22FN3O2/c1-24-12-2-9-20-16-8-11-21-17(13-16)18(23)22-10-7-14-3-5-15(19)6-4-14/h3-6,8,11,13H,2,7,9-10,12H2,1H3,(H,20,21)(H,22,23). The van der Waals surface area contributed by atoms with Crippen molar-refractivity contribution in [3.8, 4) is 0 Å². The summed E-state index contributed by atoms with van der Waals surface area (Å²) in [5.74, 6) is -0.487. The van der Waals surface area contributed by atoms with Crippen molar-refractivity contribution in [1.82, 2.24) is 10.3 Å². The van der Waals surface area contributed by atoms with Gasteiger partial charge >= 0.3 is 0 Å². The number of halogens is 1. The molecule has 6 heteroatoms. The van der Waals surface area contributed by atoms with Crippen LogP contribution < -0.4 is 10.6 Å². The number of rotatable bonds is 9. The summed E-state index contributed by atoms with van der Waals surface area (Å²) in [4.78, 5) is 16.2. The maximum absolute atomic E-state index is 12.8. The van der Waals surface area contributed by atoms with E-state index in [2.05, 4.69) is 15.6 Å². The molecule has 0 atom stereocenters. The van der Waals surface area contributed by atoms with Crippen LogP contribution in [0.2, 0.25) is 0 Å². The molecule has 5 nitrogen and oxygen atoms in total. The van der Waals surface area contributed by atoms with Crippen molar-refractivity contribution >= 4 is 11.6 Å². The minimum absolute atomic E-state index is 0.224. The average Bonchev–Trinajstić information content (AvgIpc) is 2.61. The van der Waals surface area contributed by atoms with Crippen LogP contribution in [0.3, 0.4) is 0 Å². The molecule has 0 saturated heterocycles. The fourth-order valence-electron chi connectivity index (χ4n) is 2.18. The van der Waals surface area contributed by atoms with E-state index in [1.165, 1.54) is 12.1 Å². The predicted molar refractivity (Wildman–Crippen MR) is 91.7 cm³/mol. The van der Waals surface area contributed by atoms with Gasteiger partial charge in [0.25, 0.3) is 5.91 Å². The van der Waals surface area contributed by atoms with Crippen LogP contribution in [-0.4, -0.2) is 37.7 Å². The molecule has 2 rings (SSSR count). The summed E-state index contributed by atoms with van der Waals surface area (Å²) in [5, 5.41) is 6.05. The fraction of sp³-hybridized carbons (Fsp3) is 0.333. The smallest absolute Gasteiger partial charge is 0.269 e. The number of ether oxygens (including phenoxy) is 1. The Kier molecular flexibility index (Phi) is 7.17. The lowest BCUT2D eigenvalue weighted by molar-refractivity contribution is 0.0949. The maximum Gasteiger partial charge on any atom is 0.269 e. The van der Waals surface area contributed by atoms with Gasteiger partial charge in [-0.25, -0.2) is 4.39 Å². The molecule has 24 heavy (non-hydrogen) atoms. The van der Waals surface area contributed by atoms with E-state index in [1.807, 2.05) is 6.07 Å². The Morgan fingerprint density at radius 1 is 1.21 bits per heavy atom. The van der Waals surface area contributed by atoms with E-state index in [4.69, 9.17) is 4.74 Å². The Morgan fingerprint density at radius 2 is 2.00 bits per heavy atom. The molecule has 0 unspecified atom stereocenters. The van der Waals surface area contributed by atoms with Gasteiger partial charge in [-0.15, -0.1) is 0 Å². The second kappa shape index (κ2) is 9.62. The van der Waals surface area contributed by atoms with Gasteiger partial charge in [-0.3, -0.25) is 9.78 Å². The van der Waals surface area contributed by atoms with Crippen molar-refractivity contribution in [2.24, 2.45) is 0 Å². The number of nitrogens with one attached hydrogen (secondary N) is 2. The van der Waals surface area contributed by atoms with Crippen molar-refractivity contribution in [3.05, 3.63) is 59.7 Å². The van der Waals surface area contributed by atoms with Crippen LogP contribution in [0.4, 0.5) is 10.1 Å². The predicted octanol–water partition coefficient (Wildman–Crippen LogP) is 2.64. The lowest BCUT2D eigenvalue weighted by Gasteiger charge is -2.08. The van der Waals surface area contributed by atoms with Gasteiger partial charge in [0.1, 0.15) is 11.5 Å². The topological polar surface area (TPSA) is 63.2 Å². The molecular formula is C18H22FN3O2. The zero-order chi connectivity index (χ0) is 17.2. The first-order chi connectivity index (χ1) is 11.7. The van der Waals surface area contributed by atoms with Gasteiger partial charge in [0.15, 0.2) is 0 Å². The van der Waals surface area contributed by atoms with Crippen molar-refractivity contribution < 1.29 is 13.9 Å². The molecule has 2 N–H and O–H groups in total. The average molecular weight is 331 g/mol. The molecule has 0 fully saturated rings. The molecule has 1 aromatic carbocycles. The Morgan fingerprint density at radius 3 is 2.75 bits per heavy atom. The van der Waals surface area contributed by atoms with Crippen LogP contribution >= 0.6 is 0 Å². The number of hydrogen-bond acceptors (Lipinski definition) is 4. The highest BCUT2D eigenvalue weighted by Gasteiger charge is 2.07. The van der Waals surface area contributed by atoms with Crippen molar-refractivity contribution in [1.29, 1.82) is 0 Å². The van der Waals surface area contributed by atoms with Crippen molar-refractivity contribution in [3.63, 3.8) is 0 Å². The summed E-state index contributed by atoms with van der Waals surface area (Å²) in [5.41, 5.74) is 2.19. The summed E-state index contributed by atoms with van der Waals surface area (Å²) in [6.07, 6.45) is 3.13. The number of methoxy groups -OCH3 is 1. The summed E-state index contributed by atoms with van der Waals surface area (Å²) >= 11 is 0. The van der Waals surface area contributed by atoms with Crippen molar-refractivity contribution in [2.45, 2.75) is 12.8 Å². The quantitative estimate of drug-likeness (QED) is 0.694. The number of carbonyl (C=O) groups is 1. The van der Waals surface area contributed by atoms with Crippen LogP contribution in [0.15, 0.2) is 42.6 Å².